The van der Waals surface area contributed by atoms with Crippen molar-refractivity contribution in [1.82, 2.24) is 4.57 Å². The van der Waals surface area contributed by atoms with Gasteiger partial charge in [0, 0.05) is 5.39 Å². The van der Waals surface area contributed by atoms with Crippen molar-refractivity contribution >= 4 is 22.5 Å². The predicted octanol–water partition coefficient (Wildman–Crippen LogP) is 3.28. The predicted molar refractivity (Wildman–Crippen MR) is 100 cm³/mol. The van der Waals surface area contributed by atoms with Crippen LogP contribution in [0.5, 0.6) is 5.88 Å². The zero-order valence-corrected chi connectivity index (χ0v) is 15.1. The molecule has 0 unspecified atom stereocenters. The van der Waals surface area contributed by atoms with Crippen LogP contribution in [0.25, 0.3) is 10.9 Å². The van der Waals surface area contributed by atoms with Crippen LogP contribution in [0, 0.1) is 0 Å². The summed E-state index contributed by atoms with van der Waals surface area (Å²) in [5.74, 6) is -0.408. The molecule has 2 aromatic heterocycles. The number of rotatable bonds is 4. The first-order valence-electron chi connectivity index (χ1n) is 9.37. The number of aromatic nitrogens is 1. The minimum atomic E-state index is -0.575. The highest BCUT2D eigenvalue weighted by Crippen LogP contribution is 2.38. The van der Waals surface area contributed by atoms with E-state index < -0.39 is 5.91 Å². The van der Waals surface area contributed by atoms with Gasteiger partial charge in [0.1, 0.15) is 0 Å². The van der Waals surface area contributed by atoms with Gasteiger partial charge in [-0.15, -0.1) is 10.2 Å². The second kappa shape index (κ2) is 7.75. The minimum Gasteiger partial charge on any atom is -0.493 e. The van der Waals surface area contributed by atoms with E-state index in [1.165, 1.54) is 42.9 Å². The summed E-state index contributed by atoms with van der Waals surface area (Å²) in [7, 11) is 0. The zero-order chi connectivity index (χ0) is 18.6. The van der Waals surface area contributed by atoms with E-state index in [0.717, 1.165) is 24.0 Å². The molecule has 3 heterocycles. The smallest absolute Gasteiger partial charge is 0.331 e. The van der Waals surface area contributed by atoms with Crippen molar-refractivity contribution in [3.8, 4) is 5.88 Å². The van der Waals surface area contributed by atoms with Gasteiger partial charge < -0.3 is 14.4 Å². The first-order valence-corrected chi connectivity index (χ1v) is 9.37. The Balaban J connectivity index is 1.67. The molecule has 0 bridgehead atoms. The highest BCUT2D eigenvalue weighted by molar-refractivity contribution is 5.96. The lowest BCUT2D eigenvalue weighted by Gasteiger charge is -2.18. The molecule has 7 heteroatoms. The monoisotopic (exact) mass is 367 g/mol. The van der Waals surface area contributed by atoms with Gasteiger partial charge in [0.05, 0.1) is 24.9 Å². The van der Waals surface area contributed by atoms with Crippen molar-refractivity contribution in [3.63, 3.8) is 0 Å². The molecule has 0 spiro atoms. The fraction of sp³-hybridized carbons (Fsp3) is 0.350. The molecular formula is C20H23N4O3+. The molecule has 4 rings (SSSR count). The van der Waals surface area contributed by atoms with Crippen LogP contribution in [0.3, 0.4) is 0 Å². The summed E-state index contributed by atoms with van der Waals surface area (Å²) in [6.07, 6.45) is 6.38. The fourth-order valence-electron chi connectivity index (χ4n) is 3.69. The van der Waals surface area contributed by atoms with Gasteiger partial charge >= 0.3 is 5.91 Å². The van der Waals surface area contributed by atoms with Crippen LogP contribution < -0.4 is 4.90 Å². The fourth-order valence-corrected chi connectivity index (χ4v) is 3.69. The number of fused-ring (bicyclic) bond motifs is 1. The van der Waals surface area contributed by atoms with Gasteiger partial charge in [0.25, 0.3) is 0 Å². The van der Waals surface area contributed by atoms with Crippen LogP contribution in [0.1, 0.15) is 36.2 Å². The van der Waals surface area contributed by atoms with Gasteiger partial charge in [-0.1, -0.05) is 18.2 Å². The molecule has 0 atom stereocenters. The highest BCUT2D eigenvalue weighted by atomic mass is 16.3. The van der Waals surface area contributed by atoms with Gasteiger partial charge in [-0.2, -0.15) is 0 Å². The number of quaternary nitrogens is 1. The number of benzene rings is 1. The van der Waals surface area contributed by atoms with Gasteiger partial charge in [-0.3, -0.25) is 9.36 Å². The van der Waals surface area contributed by atoms with Gasteiger partial charge in [0.15, 0.2) is 18.1 Å². The third-order valence-corrected chi connectivity index (χ3v) is 5.08. The summed E-state index contributed by atoms with van der Waals surface area (Å²) in [6, 6.07) is 10.8. The minimum absolute atomic E-state index is 0.0453. The van der Waals surface area contributed by atoms with Crippen LogP contribution in [0.4, 0.5) is 5.69 Å². The maximum Gasteiger partial charge on any atom is 0.331 e. The Morgan fingerprint density at radius 1 is 1.11 bits per heavy atom. The molecule has 1 aromatic carbocycles. The van der Waals surface area contributed by atoms with Gasteiger partial charge in [0.2, 0.25) is 5.88 Å². The average Bonchev–Trinajstić information content (AvgIpc) is 3.21. The Bertz CT molecular complexity index is 951. The standard InChI is InChI=1S/C20H22N4O3/c25-19(17-10-7-13-27-17)22-21-18-15-8-3-4-9-16(15)24(20(18)26)14-23-11-5-1-2-6-12-23/h3-4,7-10,13,26H,1-2,5-6,11-12,14H2/p+1. The maximum absolute atomic E-state index is 12.0. The number of hydrogen-bond donors (Lipinski definition) is 2. The lowest BCUT2D eigenvalue weighted by atomic mass is 10.2. The number of likely N-dealkylation sites (tertiary alicyclic amines) is 1. The Morgan fingerprint density at radius 2 is 1.89 bits per heavy atom. The van der Waals surface area contributed by atoms with Crippen LogP contribution in [-0.2, 0) is 6.67 Å². The molecule has 0 saturated carbocycles. The number of furan rings is 1. The van der Waals surface area contributed by atoms with E-state index in [1.54, 1.807) is 6.07 Å². The van der Waals surface area contributed by atoms with Crippen LogP contribution in [0.15, 0.2) is 57.3 Å². The number of aromatic hydroxyl groups is 1. The van der Waals surface area contributed by atoms with Crippen molar-refractivity contribution in [3.05, 3.63) is 48.4 Å². The Kier molecular flexibility index (Phi) is 5.02. The van der Waals surface area contributed by atoms with E-state index in [4.69, 9.17) is 4.42 Å². The van der Waals surface area contributed by atoms with Crippen LogP contribution in [0.2, 0.25) is 0 Å². The summed E-state index contributed by atoms with van der Waals surface area (Å²) in [6.45, 7) is 2.87. The SMILES string of the molecule is O=C(N=Nc1c(O)n(C[NH+]2CCCCCC2)c2ccccc12)c1ccco1. The van der Waals surface area contributed by atoms with E-state index >= 15 is 0 Å². The molecule has 7 nitrogen and oxygen atoms in total. The van der Waals surface area contributed by atoms with E-state index in [0.29, 0.717) is 12.4 Å². The second-order valence-electron chi connectivity index (χ2n) is 6.92. The van der Waals surface area contributed by atoms with Crippen molar-refractivity contribution in [2.24, 2.45) is 10.2 Å². The largest absolute Gasteiger partial charge is 0.493 e. The van der Waals surface area contributed by atoms with Crippen molar-refractivity contribution in [2.45, 2.75) is 32.4 Å². The molecule has 0 radical (unpaired) electrons. The number of carbonyl (C=O) groups excluding carboxylic acids is 1. The third kappa shape index (κ3) is 3.64. The van der Waals surface area contributed by atoms with E-state index in [1.807, 2.05) is 28.8 Å². The normalized spacial score (nSPS) is 16.1. The summed E-state index contributed by atoms with van der Waals surface area (Å²) in [4.78, 5) is 13.5. The molecule has 27 heavy (non-hydrogen) atoms. The molecular weight excluding hydrogens is 344 g/mol. The Morgan fingerprint density at radius 3 is 2.63 bits per heavy atom. The third-order valence-electron chi connectivity index (χ3n) is 5.08. The quantitative estimate of drug-likeness (QED) is 0.694. The number of nitrogens with zero attached hydrogens (tertiary/aromatic N) is 3. The van der Waals surface area contributed by atoms with Crippen molar-refractivity contribution in [1.29, 1.82) is 0 Å². The lowest BCUT2D eigenvalue weighted by Crippen LogP contribution is -3.11. The van der Waals surface area contributed by atoms with Crippen LogP contribution in [-0.4, -0.2) is 28.7 Å². The Hall–Kier alpha value is -2.93. The van der Waals surface area contributed by atoms with Crippen molar-refractivity contribution in [2.75, 3.05) is 13.1 Å². The topological polar surface area (TPSA) is 84.5 Å². The first-order chi connectivity index (χ1) is 13.2. The number of para-hydroxylation sites is 1. The highest BCUT2D eigenvalue weighted by Gasteiger charge is 2.21. The summed E-state index contributed by atoms with van der Waals surface area (Å²) in [5.41, 5.74) is 1.21. The van der Waals surface area contributed by atoms with Crippen molar-refractivity contribution < 1.29 is 19.2 Å². The van der Waals surface area contributed by atoms with Gasteiger partial charge in [-0.25, -0.2) is 0 Å². The Labute approximate surface area is 156 Å². The summed E-state index contributed by atoms with van der Waals surface area (Å²) < 4.78 is 6.92. The first kappa shape index (κ1) is 17.5. The average molecular weight is 367 g/mol. The maximum atomic E-state index is 12.0. The summed E-state index contributed by atoms with van der Waals surface area (Å²) in [5, 5.41) is 19.4. The molecule has 3 aromatic rings. The van der Waals surface area contributed by atoms with E-state index in [2.05, 4.69) is 10.2 Å². The molecule has 1 aliphatic heterocycles. The molecule has 1 aliphatic rings. The second-order valence-corrected chi connectivity index (χ2v) is 6.92. The number of hydrogen-bond acceptors (Lipinski definition) is 4. The van der Waals surface area contributed by atoms with Gasteiger partial charge in [-0.05, 0) is 43.9 Å². The number of nitrogens with one attached hydrogen (secondary N) is 1. The summed E-state index contributed by atoms with van der Waals surface area (Å²) >= 11 is 0. The van der Waals surface area contributed by atoms with Crippen LogP contribution >= 0.6 is 0 Å². The number of carbonyl (C=O) groups is 1. The van der Waals surface area contributed by atoms with E-state index in [-0.39, 0.29) is 11.6 Å². The molecule has 1 saturated heterocycles. The lowest BCUT2D eigenvalue weighted by molar-refractivity contribution is -0.921. The number of amides is 1. The molecule has 2 N–H and O–H groups in total. The zero-order valence-electron chi connectivity index (χ0n) is 15.1. The molecule has 1 amide bonds. The van der Waals surface area contributed by atoms with E-state index in [9.17, 15) is 9.90 Å². The number of azo groups is 1. The molecule has 140 valence electrons. The molecule has 1 fully saturated rings. The molecule has 0 aliphatic carbocycles.